The Kier molecular flexibility index (Phi) is 2.20. The van der Waals surface area contributed by atoms with Crippen LogP contribution in [-0.2, 0) is 12.6 Å². The molecule has 0 saturated carbocycles. The molecule has 18 heavy (non-hydrogen) atoms. The van der Waals surface area contributed by atoms with Crippen molar-refractivity contribution in [1.82, 2.24) is 20.0 Å². The van der Waals surface area contributed by atoms with Crippen molar-refractivity contribution in [3.63, 3.8) is 0 Å². The van der Waals surface area contributed by atoms with Gasteiger partial charge in [0.1, 0.15) is 11.4 Å². The summed E-state index contributed by atoms with van der Waals surface area (Å²) in [5, 5.41) is 9.44. The Morgan fingerprint density at radius 3 is 2.67 bits per heavy atom. The summed E-state index contributed by atoms with van der Waals surface area (Å²) >= 11 is 6.23. The molecule has 0 aliphatic carbocycles. The van der Waals surface area contributed by atoms with Gasteiger partial charge in [0.15, 0.2) is 5.15 Å². The maximum Gasteiger partial charge on any atom is 0.152 e. The summed E-state index contributed by atoms with van der Waals surface area (Å²) in [5.41, 5.74) is 3.49. The number of fused-ring (bicyclic) bond motifs is 3. The van der Waals surface area contributed by atoms with E-state index in [1.165, 1.54) is 0 Å². The van der Waals surface area contributed by atoms with Gasteiger partial charge in [-0.25, -0.2) is 4.98 Å². The van der Waals surface area contributed by atoms with Gasteiger partial charge in [-0.15, -0.1) is 0 Å². The lowest BCUT2D eigenvalue weighted by molar-refractivity contribution is 0.484. The Bertz CT molecular complexity index is 631. The topological polar surface area (TPSA) is 46.8 Å². The number of hydrogen-bond donors (Lipinski definition) is 0. The summed E-state index contributed by atoms with van der Waals surface area (Å²) in [6, 6.07) is 1.93. The molecule has 0 bridgehead atoms. The fourth-order valence-electron chi connectivity index (χ4n) is 2.38. The number of nitrogens with zero attached hydrogens (tertiary/aromatic N) is 5. The van der Waals surface area contributed by atoms with Crippen LogP contribution in [0.3, 0.4) is 0 Å². The molecule has 2 aromatic heterocycles. The van der Waals surface area contributed by atoms with Crippen molar-refractivity contribution < 1.29 is 0 Å². The molecule has 0 fully saturated rings. The van der Waals surface area contributed by atoms with Gasteiger partial charge in [0.05, 0.1) is 11.2 Å². The number of aryl methyl sites for hydroxylation is 1. The zero-order valence-electron chi connectivity index (χ0n) is 10.8. The van der Waals surface area contributed by atoms with Crippen molar-refractivity contribution in [2.75, 3.05) is 11.9 Å². The molecular formula is C12H14ClN5. The van der Waals surface area contributed by atoms with Crippen LogP contribution >= 0.6 is 11.6 Å². The van der Waals surface area contributed by atoms with E-state index in [-0.39, 0.29) is 5.54 Å². The van der Waals surface area contributed by atoms with Crippen molar-refractivity contribution in [3.05, 3.63) is 23.1 Å². The number of halogens is 1. The number of pyridine rings is 1. The molecule has 0 atom stereocenters. The lowest BCUT2D eigenvalue weighted by atomic mass is 9.89. The molecule has 94 valence electrons. The van der Waals surface area contributed by atoms with E-state index in [1.54, 1.807) is 11.0 Å². The highest BCUT2D eigenvalue weighted by atomic mass is 35.5. The zero-order valence-corrected chi connectivity index (χ0v) is 11.5. The third-order valence-electron chi connectivity index (χ3n) is 3.60. The molecule has 6 heteroatoms. The van der Waals surface area contributed by atoms with Crippen LogP contribution in [0.5, 0.6) is 0 Å². The Labute approximate surface area is 110 Å². The summed E-state index contributed by atoms with van der Waals surface area (Å²) in [5.74, 6) is 0. The predicted molar refractivity (Wildman–Crippen MR) is 70.7 cm³/mol. The predicted octanol–water partition coefficient (Wildman–Crippen LogP) is 2.22. The van der Waals surface area contributed by atoms with Crippen molar-refractivity contribution in [1.29, 1.82) is 0 Å². The fraction of sp³-hybridized carbons (Fsp3) is 0.417. The Balaban J connectivity index is 2.40. The van der Waals surface area contributed by atoms with Crippen LogP contribution in [0, 0.1) is 0 Å². The van der Waals surface area contributed by atoms with Crippen LogP contribution in [0.1, 0.15) is 19.5 Å². The molecule has 0 unspecified atom stereocenters. The zero-order chi connectivity index (χ0) is 13.1. The van der Waals surface area contributed by atoms with Gasteiger partial charge in [0, 0.05) is 25.9 Å². The molecule has 0 radical (unpaired) electrons. The number of hydrogen-bond acceptors (Lipinski definition) is 4. The first-order valence-corrected chi connectivity index (χ1v) is 6.11. The fourth-order valence-corrected chi connectivity index (χ4v) is 2.66. The molecule has 5 nitrogen and oxygen atoms in total. The SMILES string of the molecule is CN1c2c(ccnc2Cl)-c2nn(C)nc2C1(C)C. The maximum atomic E-state index is 6.23. The average Bonchev–Trinajstić information content (AvgIpc) is 2.69. The van der Waals surface area contributed by atoms with Gasteiger partial charge < -0.3 is 4.90 Å². The van der Waals surface area contributed by atoms with Gasteiger partial charge in [-0.1, -0.05) is 11.6 Å². The standard InChI is InChI=1S/C12H14ClN5/c1-12(2)10-8(15-18(4)16-10)7-5-6-14-11(13)9(7)17(12)3/h5-6H,1-4H3. The summed E-state index contributed by atoms with van der Waals surface area (Å²) in [6.07, 6.45) is 1.70. The molecule has 0 aromatic carbocycles. The van der Waals surface area contributed by atoms with Crippen LogP contribution in [0.15, 0.2) is 12.3 Å². The van der Waals surface area contributed by atoms with Crippen molar-refractivity contribution in [2.24, 2.45) is 7.05 Å². The first-order valence-electron chi connectivity index (χ1n) is 5.73. The Morgan fingerprint density at radius 1 is 1.22 bits per heavy atom. The van der Waals surface area contributed by atoms with Crippen LogP contribution in [0.25, 0.3) is 11.3 Å². The van der Waals surface area contributed by atoms with Crippen molar-refractivity contribution >= 4 is 17.3 Å². The van der Waals surface area contributed by atoms with Crippen molar-refractivity contribution in [2.45, 2.75) is 19.4 Å². The molecule has 3 heterocycles. The summed E-state index contributed by atoms with van der Waals surface area (Å²) in [6.45, 7) is 4.21. The number of aromatic nitrogens is 4. The van der Waals surface area contributed by atoms with Gasteiger partial charge in [0.2, 0.25) is 0 Å². The molecule has 3 rings (SSSR count). The third kappa shape index (κ3) is 1.31. The van der Waals surface area contributed by atoms with E-state index < -0.39 is 0 Å². The minimum atomic E-state index is -0.261. The van der Waals surface area contributed by atoms with E-state index in [4.69, 9.17) is 11.6 Å². The van der Waals surface area contributed by atoms with E-state index in [1.807, 2.05) is 20.2 Å². The lowest BCUT2D eigenvalue weighted by Crippen LogP contribution is -2.42. The normalized spacial score (nSPS) is 16.4. The average molecular weight is 264 g/mol. The molecule has 0 saturated heterocycles. The molecule has 1 aliphatic heterocycles. The van der Waals surface area contributed by atoms with Gasteiger partial charge in [-0.3, -0.25) is 0 Å². The van der Waals surface area contributed by atoms with Crippen LogP contribution in [0.4, 0.5) is 5.69 Å². The highest BCUT2D eigenvalue weighted by Crippen LogP contribution is 2.47. The minimum Gasteiger partial charge on any atom is -0.361 e. The van der Waals surface area contributed by atoms with E-state index in [0.717, 1.165) is 22.6 Å². The van der Waals surface area contributed by atoms with E-state index in [0.29, 0.717) is 5.15 Å². The Hall–Kier alpha value is -1.62. The van der Waals surface area contributed by atoms with E-state index in [2.05, 4.69) is 33.9 Å². The van der Waals surface area contributed by atoms with Crippen LogP contribution in [-0.4, -0.2) is 27.0 Å². The highest BCUT2D eigenvalue weighted by Gasteiger charge is 2.40. The number of rotatable bonds is 0. The summed E-state index contributed by atoms with van der Waals surface area (Å²) < 4.78 is 0. The molecule has 0 N–H and O–H groups in total. The smallest absolute Gasteiger partial charge is 0.152 e. The first-order chi connectivity index (χ1) is 8.43. The van der Waals surface area contributed by atoms with Gasteiger partial charge >= 0.3 is 0 Å². The van der Waals surface area contributed by atoms with Gasteiger partial charge in [-0.2, -0.15) is 15.0 Å². The quantitative estimate of drug-likeness (QED) is 0.684. The molecule has 0 spiro atoms. The second-order valence-corrected chi connectivity index (χ2v) is 5.36. The van der Waals surface area contributed by atoms with Crippen LogP contribution in [0.2, 0.25) is 5.15 Å². The first kappa shape index (κ1) is 11.5. The van der Waals surface area contributed by atoms with Crippen molar-refractivity contribution in [3.8, 4) is 11.3 Å². The Morgan fingerprint density at radius 2 is 1.94 bits per heavy atom. The summed E-state index contributed by atoms with van der Waals surface area (Å²) in [4.78, 5) is 7.86. The second kappa shape index (κ2) is 3.45. The monoisotopic (exact) mass is 263 g/mol. The maximum absolute atomic E-state index is 6.23. The van der Waals surface area contributed by atoms with E-state index in [9.17, 15) is 0 Å². The molecule has 0 amide bonds. The largest absolute Gasteiger partial charge is 0.361 e. The van der Waals surface area contributed by atoms with Gasteiger partial charge in [-0.05, 0) is 19.9 Å². The number of anilines is 1. The van der Waals surface area contributed by atoms with Gasteiger partial charge in [0.25, 0.3) is 0 Å². The van der Waals surface area contributed by atoms with E-state index >= 15 is 0 Å². The lowest BCUT2D eigenvalue weighted by Gasteiger charge is -2.40. The van der Waals surface area contributed by atoms with Crippen LogP contribution < -0.4 is 4.90 Å². The summed E-state index contributed by atoms with van der Waals surface area (Å²) in [7, 11) is 3.83. The third-order valence-corrected chi connectivity index (χ3v) is 3.88. The highest BCUT2D eigenvalue weighted by molar-refractivity contribution is 6.32. The minimum absolute atomic E-state index is 0.261. The second-order valence-electron chi connectivity index (χ2n) is 5.00. The molecule has 2 aromatic rings. The molecule has 1 aliphatic rings. The molecular weight excluding hydrogens is 250 g/mol.